The molecule has 0 bridgehead atoms. The number of hydrogen-bond acceptors (Lipinski definition) is 2. The number of nitrogens with two attached hydrogens (primary N) is 1. The van der Waals surface area contributed by atoms with Crippen LogP contribution in [0.25, 0.3) is 0 Å². The van der Waals surface area contributed by atoms with E-state index >= 15 is 0 Å². The highest BCUT2D eigenvalue weighted by molar-refractivity contribution is 6.33. The average molecular weight is 307 g/mol. The molecule has 0 aliphatic carbocycles. The first-order chi connectivity index (χ1) is 10.0. The zero-order chi connectivity index (χ0) is 15.4. The number of carbonyl (C=O) groups excluding carboxylic acids is 1. The van der Waals surface area contributed by atoms with Crippen LogP contribution in [0.1, 0.15) is 22.8 Å². The van der Waals surface area contributed by atoms with Crippen molar-refractivity contribution in [1.29, 1.82) is 0 Å². The van der Waals surface area contributed by atoms with Crippen molar-refractivity contribution >= 4 is 23.2 Å². The Morgan fingerprint density at radius 2 is 2.05 bits per heavy atom. The molecular formula is C16H16ClFN2O. The van der Waals surface area contributed by atoms with Gasteiger partial charge in [0.15, 0.2) is 0 Å². The van der Waals surface area contributed by atoms with Gasteiger partial charge in [0.1, 0.15) is 5.82 Å². The van der Waals surface area contributed by atoms with Crippen LogP contribution in [0.5, 0.6) is 0 Å². The largest absolute Gasteiger partial charge is 0.398 e. The predicted octanol–water partition coefficient (Wildman–Crippen LogP) is 3.72. The fraction of sp³-hybridized carbons (Fsp3) is 0.188. The van der Waals surface area contributed by atoms with E-state index in [-0.39, 0.29) is 11.7 Å². The number of anilines is 1. The molecule has 2 aromatic rings. The number of hydrogen-bond donors (Lipinski definition) is 1. The molecule has 21 heavy (non-hydrogen) atoms. The zero-order valence-electron chi connectivity index (χ0n) is 11.6. The fourth-order valence-electron chi connectivity index (χ4n) is 2.03. The Labute approximate surface area is 128 Å². The van der Waals surface area contributed by atoms with Crippen LogP contribution in [0.4, 0.5) is 10.1 Å². The third-order valence-corrected chi connectivity index (χ3v) is 3.51. The topological polar surface area (TPSA) is 46.3 Å². The molecule has 0 spiro atoms. The third kappa shape index (κ3) is 3.73. The lowest BCUT2D eigenvalue weighted by Crippen LogP contribution is -2.30. The van der Waals surface area contributed by atoms with Gasteiger partial charge in [-0.1, -0.05) is 23.7 Å². The lowest BCUT2D eigenvalue weighted by molar-refractivity contribution is 0.0752. The zero-order valence-corrected chi connectivity index (χ0v) is 12.4. The summed E-state index contributed by atoms with van der Waals surface area (Å²) in [6.07, 6.45) is 0. The summed E-state index contributed by atoms with van der Waals surface area (Å²) in [5.74, 6) is -0.477. The summed E-state index contributed by atoms with van der Waals surface area (Å²) in [6.45, 7) is 2.72. The first-order valence-electron chi connectivity index (χ1n) is 6.60. The Hall–Kier alpha value is -2.07. The molecule has 0 fully saturated rings. The van der Waals surface area contributed by atoms with Crippen LogP contribution in [-0.4, -0.2) is 17.4 Å². The molecule has 1 amide bonds. The van der Waals surface area contributed by atoms with Gasteiger partial charge in [-0.25, -0.2) is 4.39 Å². The number of benzene rings is 2. The smallest absolute Gasteiger partial charge is 0.254 e. The van der Waals surface area contributed by atoms with E-state index in [9.17, 15) is 9.18 Å². The Kier molecular flexibility index (Phi) is 4.81. The first-order valence-corrected chi connectivity index (χ1v) is 6.97. The highest BCUT2D eigenvalue weighted by atomic mass is 35.5. The molecule has 110 valence electrons. The van der Waals surface area contributed by atoms with Crippen molar-refractivity contribution in [3.8, 4) is 0 Å². The molecule has 0 aromatic heterocycles. The van der Waals surface area contributed by atoms with Crippen molar-refractivity contribution in [2.75, 3.05) is 12.3 Å². The fourth-order valence-corrected chi connectivity index (χ4v) is 2.21. The number of rotatable bonds is 4. The van der Waals surface area contributed by atoms with Gasteiger partial charge in [-0.2, -0.15) is 0 Å². The SMILES string of the molecule is CCN(Cc1cccc(F)c1)C(=O)c1ccc(N)c(Cl)c1. The average Bonchev–Trinajstić information content (AvgIpc) is 2.47. The van der Waals surface area contributed by atoms with Crippen LogP contribution >= 0.6 is 11.6 Å². The van der Waals surface area contributed by atoms with Gasteiger partial charge in [-0.3, -0.25) is 4.79 Å². The Morgan fingerprint density at radius 3 is 2.67 bits per heavy atom. The summed E-state index contributed by atoms with van der Waals surface area (Å²) in [4.78, 5) is 14.1. The van der Waals surface area contributed by atoms with Gasteiger partial charge in [0, 0.05) is 18.7 Å². The maximum atomic E-state index is 13.2. The quantitative estimate of drug-likeness (QED) is 0.875. The maximum absolute atomic E-state index is 13.2. The molecule has 0 saturated heterocycles. The van der Waals surface area contributed by atoms with Crippen LogP contribution in [-0.2, 0) is 6.54 Å². The van der Waals surface area contributed by atoms with E-state index in [1.54, 1.807) is 35.2 Å². The second kappa shape index (κ2) is 6.59. The first kappa shape index (κ1) is 15.3. The van der Waals surface area contributed by atoms with Crippen LogP contribution < -0.4 is 5.73 Å². The molecule has 0 heterocycles. The molecule has 0 radical (unpaired) electrons. The van der Waals surface area contributed by atoms with Gasteiger partial charge in [0.2, 0.25) is 0 Å². The molecule has 2 N–H and O–H groups in total. The second-order valence-electron chi connectivity index (χ2n) is 4.69. The van der Waals surface area contributed by atoms with Gasteiger partial charge in [0.25, 0.3) is 5.91 Å². The molecule has 2 aromatic carbocycles. The van der Waals surface area contributed by atoms with Crippen molar-refractivity contribution in [2.45, 2.75) is 13.5 Å². The van der Waals surface area contributed by atoms with Gasteiger partial charge < -0.3 is 10.6 Å². The number of nitrogens with zero attached hydrogens (tertiary/aromatic N) is 1. The minimum atomic E-state index is -0.313. The van der Waals surface area contributed by atoms with Gasteiger partial charge in [-0.15, -0.1) is 0 Å². The molecule has 2 rings (SSSR count). The highest BCUT2D eigenvalue weighted by Crippen LogP contribution is 2.21. The van der Waals surface area contributed by atoms with E-state index in [2.05, 4.69) is 0 Å². The monoisotopic (exact) mass is 306 g/mol. The summed E-state index contributed by atoms with van der Waals surface area (Å²) in [6, 6.07) is 11.0. The molecule has 0 aliphatic rings. The summed E-state index contributed by atoms with van der Waals surface area (Å²) in [5.41, 5.74) is 7.28. The van der Waals surface area contributed by atoms with Crippen LogP contribution in [0.2, 0.25) is 5.02 Å². The van der Waals surface area contributed by atoms with E-state index in [0.29, 0.717) is 29.4 Å². The van der Waals surface area contributed by atoms with Crippen LogP contribution in [0.15, 0.2) is 42.5 Å². The molecule has 0 unspecified atom stereocenters. The summed E-state index contributed by atoms with van der Waals surface area (Å²) in [5, 5.41) is 0.350. The number of halogens is 2. The lowest BCUT2D eigenvalue weighted by atomic mass is 10.1. The van der Waals surface area contributed by atoms with Gasteiger partial charge >= 0.3 is 0 Å². The van der Waals surface area contributed by atoms with E-state index in [4.69, 9.17) is 17.3 Å². The molecule has 5 heteroatoms. The maximum Gasteiger partial charge on any atom is 0.254 e. The van der Waals surface area contributed by atoms with E-state index < -0.39 is 0 Å². The van der Waals surface area contributed by atoms with Crippen LogP contribution in [0, 0.1) is 5.82 Å². The summed E-state index contributed by atoms with van der Waals surface area (Å²) in [7, 11) is 0. The Bertz CT molecular complexity index is 660. The highest BCUT2D eigenvalue weighted by Gasteiger charge is 2.15. The Morgan fingerprint density at radius 1 is 1.29 bits per heavy atom. The van der Waals surface area contributed by atoms with Crippen LogP contribution in [0.3, 0.4) is 0 Å². The third-order valence-electron chi connectivity index (χ3n) is 3.18. The summed E-state index contributed by atoms with van der Waals surface area (Å²) < 4.78 is 13.2. The Balaban J connectivity index is 2.20. The van der Waals surface area contributed by atoms with Crippen molar-refractivity contribution in [2.24, 2.45) is 0 Å². The molecular weight excluding hydrogens is 291 g/mol. The van der Waals surface area contributed by atoms with E-state index in [1.807, 2.05) is 6.92 Å². The molecule has 3 nitrogen and oxygen atoms in total. The predicted molar refractivity (Wildman–Crippen MR) is 82.7 cm³/mol. The lowest BCUT2D eigenvalue weighted by Gasteiger charge is -2.21. The minimum Gasteiger partial charge on any atom is -0.398 e. The molecule has 0 atom stereocenters. The van der Waals surface area contributed by atoms with Gasteiger partial charge in [-0.05, 0) is 42.8 Å². The molecule has 0 saturated carbocycles. The van der Waals surface area contributed by atoms with Crippen molar-refractivity contribution in [3.05, 3.63) is 64.4 Å². The minimum absolute atomic E-state index is 0.163. The standard InChI is InChI=1S/C16H16ClFN2O/c1-2-20(10-11-4-3-5-13(18)8-11)16(21)12-6-7-15(19)14(17)9-12/h3-9H,2,10,19H2,1H3. The van der Waals surface area contributed by atoms with E-state index in [0.717, 1.165) is 5.56 Å². The number of carbonyl (C=O) groups is 1. The van der Waals surface area contributed by atoms with Crippen molar-refractivity contribution in [1.82, 2.24) is 4.90 Å². The molecule has 0 aliphatic heterocycles. The van der Waals surface area contributed by atoms with Gasteiger partial charge in [0.05, 0.1) is 10.7 Å². The number of amides is 1. The van der Waals surface area contributed by atoms with Crippen molar-refractivity contribution < 1.29 is 9.18 Å². The summed E-state index contributed by atoms with van der Waals surface area (Å²) >= 11 is 5.94. The second-order valence-corrected chi connectivity index (χ2v) is 5.09. The normalized spacial score (nSPS) is 10.4. The van der Waals surface area contributed by atoms with Crippen molar-refractivity contribution in [3.63, 3.8) is 0 Å². The van der Waals surface area contributed by atoms with E-state index in [1.165, 1.54) is 12.1 Å². The number of nitrogen functional groups attached to an aromatic ring is 1.